The van der Waals surface area contributed by atoms with E-state index in [4.69, 9.17) is 5.73 Å². The molecule has 0 aromatic heterocycles. The number of hydrogen-bond acceptors (Lipinski definition) is 2. The van der Waals surface area contributed by atoms with Crippen LogP contribution in [-0.4, -0.2) is 31.1 Å². The molecular formula is C19H28N2. The van der Waals surface area contributed by atoms with E-state index in [1.807, 2.05) is 0 Å². The summed E-state index contributed by atoms with van der Waals surface area (Å²) in [4.78, 5) is 2.65. The van der Waals surface area contributed by atoms with Gasteiger partial charge in [-0.05, 0) is 79.9 Å². The van der Waals surface area contributed by atoms with Gasteiger partial charge in [0.05, 0.1) is 0 Å². The Hall–Kier alpha value is -1.12. The van der Waals surface area contributed by atoms with Gasteiger partial charge in [0.2, 0.25) is 0 Å². The molecule has 0 saturated carbocycles. The van der Waals surface area contributed by atoms with Crippen LogP contribution in [0.5, 0.6) is 0 Å². The minimum Gasteiger partial charge on any atom is -0.330 e. The highest BCUT2D eigenvalue weighted by Gasteiger charge is 2.25. The second-order valence-electron chi connectivity index (χ2n) is 6.65. The zero-order chi connectivity index (χ0) is 14.7. The normalized spacial score (nSPS) is 23.1. The van der Waals surface area contributed by atoms with Crippen LogP contribution in [0.1, 0.15) is 42.4 Å². The second kappa shape index (κ2) is 6.76. The number of likely N-dealkylation sites (tertiary alicyclic amines) is 1. The Labute approximate surface area is 129 Å². The molecule has 2 heteroatoms. The molecular weight excluding hydrogens is 256 g/mol. The Balaban J connectivity index is 1.69. The van der Waals surface area contributed by atoms with Crippen LogP contribution in [0.3, 0.4) is 0 Å². The zero-order valence-electron chi connectivity index (χ0n) is 13.1. The minimum atomic E-state index is 0.649. The quantitative estimate of drug-likeness (QED) is 0.919. The van der Waals surface area contributed by atoms with Crippen molar-refractivity contribution in [2.45, 2.75) is 38.5 Å². The number of nitrogens with zero attached hydrogens (tertiary/aromatic N) is 1. The van der Waals surface area contributed by atoms with Crippen LogP contribution in [0.15, 0.2) is 24.8 Å². The van der Waals surface area contributed by atoms with Gasteiger partial charge >= 0.3 is 0 Å². The lowest BCUT2D eigenvalue weighted by Gasteiger charge is -2.34. The van der Waals surface area contributed by atoms with Gasteiger partial charge in [-0.1, -0.05) is 31.2 Å². The summed E-state index contributed by atoms with van der Waals surface area (Å²) >= 11 is 0. The molecule has 0 spiro atoms. The first-order valence-corrected chi connectivity index (χ1v) is 8.51. The average Bonchev–Trinajstić information content (AvgIpc) is 2.52. The van der Waals surface area contributed by atoms with Gasteiger partial charge in [0.1, 0.15) is 0 Å². The lowest BCUT2D eigenvalue weighted by atomic mass is 9.79. The smallest absolute Gasteiger partial charge is 0.00504 e. The number of benzene rings is 1. The van der Waals surface area contributed by atoms with Gasteiger partial charge in [0.25, 0.3) is 0 Å². The van der Waals surface area contributed by atoms with Gasteiger partial charge in [0, 0.05) is 6.54 Å². The molecule has 21 heavy (non-hydrogen) atoms. The van der Waals surface area contributed by atoms with Gasteiger partial charge in [-0.15, -0.1) is 0 Å². The maximum atomic E-state index is 5.67. The van der Waals surface area contributed by atoms with E-state index in [0.29, 0.717) is 5.92 Å². The third kappa shape index (κ3) is 3.38. The van der Waals surface area contributed by atoms with Crippen molar-refractivity contribution in [1.82, 2.24) is 4.90 Å². The largest absolute Gasteiger partial charge is 0.330 e. The van der Waals surface area contributed by atoms with E-state index >= 15 is 0 Å². The molecule has 1 aliphatic carbocycles. The van der Waals surface area contributed by atoms with Crippen LogP contribution in [0, 0.1) is 5.92 Å². The van der Waals surface area contributed by atoms with Crippen molar-refractivity contribution < 1.29 is 0 Å². The van der Waals surface area contributed by atoms with Gasteiger partial charge in [0.15, 0.2) is 0 Å². The Kier molecular flexibility index (Phi) is 4.77. The molecule has 1 fully saturated rings. The maximum Gasteiger partial charge on any atom is 0.00504 e. The first-order chi connectivity index (χ1) is 10.3. The SMILES string of the molecule is C=C1c2ccc(CCN)cc2CCC1CN1CCCCC1. The van der Waals surface area contributed by atoms with Crippen LogP contribution in [0.4, 0.5) is 0 Å². The number of rotatable bonds is 4. The van der Waals surface area contributed by atoms with E-state index in [9.17, 15) is 0 Å². The van der Waals surface area contributed by atoms with Crippen LogP contribution in [0.2, 0.25) is 0 Å². The molecule has 2 aliphatic rings. The number of aryl methyl sites for hydroxylation is 1. The molecule has 1 atom stereocenters. The van der Waals surface area contributed by atoms with Crippen molar-refractivity contribution >= 4 is 5.57 Å². The highest BCUT2D eigenvalue weighted by Crippen LogP contribution is 2.35. The number of piperidine rings is 1. The molecule has 0 amide bonds. The number of nitrogens with two attached hydrogens (primary N) is 1. The predicted octanol–water partition coefficient (Wildman–Crippen LogP) is 3.25. The molecule has 2 nitrogen and oxygen atoms in total. The van der Waals surface area contributed by atoms with E-state index in [0.717, 1.165) is 13.0 Å². The Morgan fingerprint density at radius 2 is 2.00 bits per heavy atom. The topological polar surface area (TPSA) is 29.3 Å². The third-order valence-electron chi connectivity index (χ3n) is 5.13. The fraction of sp³-hybridized carbons (Fsp3) is 0.579. The van der Waals surface area contributed by atoms with E-state index in [2.05, 4.69) is 29.7 Å². The Bertz CT molecular complexity index is 500. The van der Waals surface area contributed by atoms with Crippen LogP contribution in [-0.2, 0) is 12.8 Å². The summed E-state index contributed by atoms with van der Waals surface area (Å²) in [6.07, 6.45) is 7.60. The van der Waals surface area contributed by atoms with Crippen LogP contribution < -0.4 is 5.73 Å². The van der Waals surface area contributed by atoms with Gasteiger partial charge in [-0.25, -0.2) is 0 Å². The highest BCUT2D eigenvalue weighted by atomic mass is 15.1. The van der Waals surface area contributed by atoms with E-state index in [-0.39, 0.29) is 0 Å². The van der Waals surface area contributed by atoms with E-state index in [1.165, 1.54) is 74.0 Å². The Morgan fingerprint density at radius 3 is 2.76 bits per heavy atom. The van der Waals surface area contributed by atoms with Crippen molar-refractivity contribution in [2.75, 3.05) is 26.2 Å². The van der Waals surface area contributed by atoms with E-state index in [1.54, 1.807) is 0 Å². The van der Waals surface area contributed by atoms with Gasteiger partial charge in [-0.3, -0.25) is 0 Å². The van der Waals surface area contributed by atoms with E-state index < -0.39 is 0 Å². The summed E-state index contributed by atoms with van der Waals surface area (Å²) in [7, 11) is 0. The fourth-order valence-corrected chi connectivity index (χ4v) is 3.87. The number of fused-ring (bicyclic) bond motifs is 1. The third-order valence-corrected chi connectivity index (χ3v) is 5.13. The lowest BCUT2D eigenvalue weighted by molar-refractivity contribution is 0.207. The first-order valence-electron chi connectivity index (χ1n) is 8.51. The molecule has 0 bridgehead atoms. The average molecular weight is 284 g/mol. The first kappa shape index (κ1) is 14.8. The fourth-order valence-electron chi connectivity index (χ4n) is 3.87. The summed E-state index contributed by atoms with van der Waals surface area (Å²) in [5.74, 6) is 0.649. The molecule has 2 N–H and O–H groups in total. The molecule has 1 aliphatic heterocycles. The van der Waals surface area contributed by atoms with Crippen molar-refractivity contribution in [3.63, 3.8) is 0 Å². The standard InChI is InChI=1S/C19H28N2/c1-15-18(14-21-11-3-2-4-12-21)7-6-17-13-16(9-10-20)5-8-19(15)17/h5,8,13,18H,1-4,6-7,9-12,14,20H2. The zero-order valence-corrected chi connectivity index (χ0v) is 13.1. The monoisotopic (exact) mass is 284 g/mol. The molecule has 1 saturated heterocycles. The maximum absolute atomic E-state index is 5.67. The molecule has 1 aromatic carbocycles. The molecule has 1 aromatic rings. The van der Waals surface area contributed by atoms with Crippen LogP contribution in [0.25, 0.3) is 5.57 Å². The summed E-state index contributed by atoms with van der Waals surface area (Å²) in [6.45, 7) is 8.94. The molecule has 3 rings (SSSR count). The Morgan fingerprint density at radius 1 is 1.19 bits per heavy atom. The van der Waals surface area contributed by atoms with Gasteiger partial charge < -0.3 is 10.6 Å². The summed E-state index contributed by atoms with van der Waals surface area (Å²) < 4.78 is 0. The van der Waals surface area contributed by atoms with Crippen molar-refractivity contribution in [3.8, 4) is 0 Å². The van der Waals surface area contributed by atoms with Gasteiger partial charge in [-0.2, -0.15) is 0 Å². The summed E-state index contributed by atoms with van der Waals surface area (Å²) in [6, 6.07) is 6.87. The predicted molar refractivity (Wildman–Crippen MR) is 90.3 cm³/mol. The molecule has 1 unspecified atom stereocenters. The van der Waals surface area contributed by atoms with Crippen LogP contribution >= 0.6 is 0 Å². The summed E-state index contributed by atoms with van der Waals surface area (Å²) in [5, 5.41) is 0. The van der Waals surface area contributed by atoms with Crippen molar-refractivity contribution in [1.29, 1.82) is 0 Å². The molecule has 1 heterocycles. The molecule has 0 radical (unpaired) electrons. The minimum absolute atomic E-state index is 0.649. The van der Waals surface area contributed by atoms with Crippen molar-refractivity contribution in [3.05, 3.63) is 41.5 Å². The summed E-state index contributed by atoms with van der Waals surface area (Å²) in [5.41, 5.74) is 11.3. The second-order valence-corrected chi connectivity index (χ2v) is 6.65. The van der Waals surface area contributed by atoms with Crippen molar-refractivity contribution in [2.24, 2.45) is 11.7 Å². The molecule has 114 valence electrons. The highest BCUT2D eigenvalue weighted by molar-refractivity contribution is 5.70. The lowest BCUT2D eigenvalue weighted by Crippen LogP contribution is -2.35. The number of hydrogen-bond donors (Lipinski definition) is 1.